The van der Waals surface area contributed by atoms with E-state index in [0.29, 0.717) is 24.5 Å². The maximum Gasteiger partial charge on any atom is 0.416 e. The van der Waals surface area contributed by atoms with Crippen LogP contribution in [0.5, 0.6) is 5.75 Å². The maximum atomic E-state index is 12.6. The SMILES string of the molecule is CS(=O)(=O)O.FC(F)(F)c1ccc(OCC2CN(CC3(c4ccc(Cl)cc4)CCC3)C2)cc1. The molecule has 2 aromatic rings. The zero-order valence-corrected chi connectivity index (χ0v) is 19.8. The lowest BCUT2D eigenvalue weighted by molar-refractivity contribution is -0.137. The van der Waals surface area contributed by atoms with Crippen LogP contribution in [-0.4, -0.2) is 50.4 Å². The normalized spacial score (nSPS) is 18.5. The number of benzene rings is 2. The second-order valence-electron chi connectivity index (χ2n) is 8.77. The molecule has 5 nitrogen and oxygen atoms in total. The first kappa shape index (κ1) is 25.8. The number of hydrogen-bond acceptors (Lipinski definition) is 4. The number of halogens is 4. The topological polar surface area (TPSA) is 66.8 Å². The zero-order chi connectivity index (χ0) is 24.3. The van der Waals surface area contributed by atoms with Crippen molar-refractivity contribution in [2.45, 2.75) is 30.9 Å². The maximum absolute atomic E-state index is 12.6. The van der Waals surface area contributed by atoms with E-state index < -0.39 is 21.9 Å². The largest absolute Gasteiger partial charge is 0.493 e. The highest BCUT2D eigenvalue weighted by molar-refractivity contribution is 7.85. The predicted octanol–water partition coefficient (Wildman–Crippen LogP) is 5.30. The van der Waals surface area contributed by atoms with E-state index in [9.17, 15) is 21.6 Å². The quantitative estimate of drug-likeness (QED) is 0.540. The molecule has 0 bridgehead atoms. The highest BCUT2D eigenvalue weighted by Crippen LogP contribution is 2.45. The summed E-state index contributed by atoms with van der Waals surface area (Å²) in [5.41, 5.74) is 0.958. The summed E-state index contributed by atoms with van der Waals surface area (Å²) in [5, 5.41) is 0.766. The predicted molar refractivity (Wildman–Crippen MR) is 121 cm³/mol. The smallest absolute Gasteiger partial charge is 0.416 e. The third-order valence-electron chi connectivity index (χ3n) is 5.99. The zero-order valence-electron chi connectivity index (χ0n) is 18.2. The first-order valence-electron chi connectivity index (χ1n) is 10.5. The first-order valence-corrected chi connectivity index (χ1v) is 12.8. The molecule has 4 rings (SSSR count). The second-order valence-corrected chi connectivity index (χ2v) is 10.7. The summed E-state index contributed by atoms with van der Waals surface area (Å²) in [6.07, 6.45) is 0.0776. The van der Waals surface area contributed by atoms with Crippen LogP contribution in [0.1, 0.15) is 30.4 Å². The van der Waals surface area contributed by atoms with Gasteiger partial charge in [-0.1, -0.05) is 30.2 Å². The van der Waals surface area contributed by atoms with Crippen LogP contribution in [0.2, 0.25) is 5.02 Å². The van der Waals surface area contributed by atoms with Crippen molar-refractivity contribution in [3.8, 4) is 5.75 Å². The second kappa shape index (κ2) is 10.2. The lowest BCUT2D eigenvalue weighted by Gasteiger charge is -2.50. The minimum atomic E-state index is -4.31. The molecule has 1 saturated carbocycles. The third kappa shape index (κ3) is 7.60. The van der Waals surface area contributed by atoms with Crippen molar-refractivity contribution in [1.29, 1.82) is 0 Å². The van der Waals surface area contributed by atoms with Crippen molar-refractivity contribution in [1.82, 2.24) is 4.90 Å². The Morgan fingerprint density at radius 1 is 1.09 bits per heavy atom. The van der Waals surface area contributed by atoms with Crippen molar-refractivity contribution in [2.75, 3.05) is 32.5 Å². The van der Waals surface area contributed by atoms with E-state index in [1.807, 2.05) is 12.1 Å². The van der Waals surface area contributed by atoms with Crippen LogP contribution in [-0.2, 0) is 21.7 Å². The fourth-order valence-corrected chi connectivity index (χ4v) is 4.36. The van der Waals surface area contributed by atoms with Crippen molar-refractivity contribution >= 4 is 21.7 Å². The van der Waals surface area contributed by atoms with E-state index in [4.69, 9.17) is 20.9 Å². The van der Waals surface area contributed by atoms with E-state index in [0.717, 1.165) is 36.8 Å². The van der Waals surface area contributed by atoms with E-state index in [1.54, 1.807) is 0 Å². The Morgan fingerprint density at radius 3 is 2.09 bits per heavy atom. The molecular weight excluding hydrogens is 479 g/mol. The highest BCUT2D eigenvalue weighted by Gasteiger charge is 2.42. The number of nitrogens with zero attached hydrogens (tertiary/aromatic N) is 1. The number of ether oxygens (including phenoxy) is 1. The number of alkyl halides is 3. The van der Waals surface area contributed by atoms with Gasteiger partial charge in [0.2, 0.25) is 0 Å². The summed E-state index contributed by atoms with van der Waals surface area (Å²) in [6, 6.07) is 13.1. The third-order valence-corrected chi connectivity index (χ3v) is 6.25. The molecule has 2 aromatic carbocycles. The molecule has 33 heavy (non-hydrogen) atoms. The van der Waals surface area contributed by atoms with Crippen molar-refractivity contribution in [3.05, 3.63) is 64.7 Å². The van der Waals surface area contributed by atoms with Gasteiger partial charge in [0.1, 0.15) is 5.75 Å². The molecule has 1 aliphatic heterocycles. The molecule has 1 aliphatic carbocycles. The molecule has 1 N–H and O–H groups in total. The molecule has 10 heteroatoms. The van der Waals surface area contributed by atoms with Crippen LogP contribution in [0, 0.1) is 5.92 Å². The van der Waals surface area contributed by atoms with Crippen LogP contribution in [0.25, 0.3) is 0 Å². The van der Waals surface area contributed by atoms with Crippen LogP contribution in [0.4, 0.5) is 13.2 Å². The summed E-state index contributed by atoms with van der Waals surface area (Å²) < 4.78 is 69.4. The Labute approximate surface area is 197 Å². The average Bonchev–Trinajstić information content (AvgIpc) is 2.64. The molecule has 2 fully saturated rings. The Bertz CT molecular complexity index is 1010. The molecule has 182 valence electrons. The van der Waals surface area contributed by atoms with E-state index in [1.165, 1.54) is 37.0 Å². The van der Waals surface area contributed by atoms with Gasteiger partial charge in [-0.05, 0) is 54.8 Å². The molecule has 1 saturated heterocycles. The van der Waals surface area contributed by atoms with Gasteiger partial charge in [-0.15, -0.1) is 0 Å². The Hall–Kier alpha value is -1.81. The van der Waals surface area contributed by atoms with Crippen LogP contribution >= 0.6 is 11.6 Å². The lowest BCUT2D eigenvalue weighted by atomic mass is 9.63. The molecular formula is C23H27ClF3NO4S. The van der Waals surface area contributed by atoms with Crippen LogP contribution < -0.4 is 4.74 Å². The fraction of sp³-hybridized carbons (Fsp3) is 0.478. The van der Waals surface area contributed by atoms with Gasteiger partial charge in [0.05, 0.1) is 18.4 Å². The summed E-state index contributed by atoms with van der Waals surface area (Å²) in [6.45, 7) is 3.52. The van der Waals surface area contributed by atoms with E-state index >= 15 is 0 Å². The van der Waals surface area contributed by atoms with E-state index in [2.05, 4.69) is 17.0 Å². The fourth-order valence-electron chi connectivity index (χ4n) is 4.24. The first-order chi connectivity index (χ1) is 15.3. The molecule has 2 aliphatic rings. The summed E-state index contributed by atoms with van der Waals surface area (Å²) in [5.74, 6) is 0.910. The molecule has 0 aromatic heterocycles. The summed E-state index contributed by atoms with van der Waals surface area (Å²) >= 11 is 6.02. The number of rotatable bonds is 6. The molecule has 0 radical (unpaired) electrons. The average molecular weight is 506 g/mol. The van der Waals surface area contributed by atoms with Gasteiger partial charge in [-0.3, -0.25) is 4.55 Å². The minimum absolute atomic E-state index is 0.240. The van der Waals surface area contributed by atoms with Gasteiger partial charge < -0.3 is 9.64 Å². The summed E-state index contributed by atoms with van der Waals surface area (Å²) in [7, 11) is -3.67. The molecule has 0 atom stereocenters. The van der Waals surface area contributed by atoms with Gasteiger partial charge >= 0.3 is 6.18 Å². The number of likely N-dealkylation sites (tertiary alicyclic amines) is 1. The van der Waals surface area contributed by atoms with Crippen molar-refractivity contribution in [3.63, 3.8) is 0 Å². The molecule has 1 heterocycles. The lowest BCUT2D eigenvalue weighted by Crippen LogP contribution is -2.55. The van der Waals surface area contributed by atoms with Gasteiger partial charge in [-0.25, -0.2) is 0 Å². The van der Waals surface area contributed by atoms with Gasteiger partial charge in [0.25, 0.3) is 10.1 Å². The molecule has 0 unspecified atom stereocenters. The Balaban J connectivity index is 0.000000555. The Morgan fingerprint density at radius 2 is 1.64 bits per heavy atom. The van der Waals surface area contributed by atoms with Crippen molar-refractivity contribution in [2.24, 2.45) is 5.92 Å². The molecule has 0 amide bonds. The van der Waals surface area contributed by atoms with Gasteiger partial charge in [0.15, 0.2) is 0 Å². The standard InChI is InChI=1S/C22H23ClF3NO.CH4O3S/c23-19-6-2-17(3-7-19)21(10-1-11-21)15-27-12-16(13-27)14-28-20-8-4-18(5-9-20)22(24,25)26;1-5(2,3)4/h2-9,16H,1,10-15H2;1H3,(H,2,3,4). The van der Waals surface area contributed by atoms with Gasteiger partial charge in [0, 0.05) is 36.0 Å². The monoisotopic (exact) mass is 505 g/mol. The van der Waals surface area contributed by atoms with Crippen LogP contribution in [0.15, 0.2) is 48.5 Å². The Kier molecular flexibility index (Phi) is 7.99. The minimum Gasteiger partial charge on any atom is -0.493 e. The summed E-state index contributed by atoms with van der Waals surface area (Å²) in [4.78, 5) is 2.45. The van der Waals surface area contributed by atoms with Crippen LogP contribution in [0.3, 0.4) is 0 Å². The van der Waals surface area contributed by atoms with Gasteiger partial charge in [-0.2, -0.15) is 21.6 Å². The molecule has 0 spiro atoms. The van der Waals surface area contributed by atoms with Crippen molar-refractivity contribution < 1.29 is 30.9 Å². The highest BCUT2D eigenvalue weighted by atomic mass is 35.5. The number of hydrogen-bond donors (Lipinski definition) is 1. The van der Waals surface area contributed by atoms with E-state index in [-0.39, 0.29) is 5.41 Å².